The lowest BCUT2D eigenvalue weighted by atomic mass is 9.74. The summed E-state index contributed by atoms with van der Waals surface area (Å²) in [6, 6.07) is 15.5. The number of likely N-dealkylation sites (N-methyl/N-ethyl adjacent to an activating group) is 1. The molecule has 0 saturated carbocycles. The highest BCUT2D eigenvalue weighted by atomic mass is 19.1. The van der Waals surface area contributed by atoms with Gasteiger partial charge in [0.2, 0.25) is 0 Å². The monoisotopic (exact) mass is 411 g/mol. The molecule has 2 heterocycles. The van der Waals surface area contributed by atoms with Crippen molar-refractivity contribution < 1.29 is 9.18 Å². The van der Waals surface area contributed by atoms with Crippen molar-refractivity contribution in [2.75, 3.05) is 45.2 Å². The molecule has 0 radical (unpaired) electrons. The lowest BCUT2D eigenvalue weighted by Gasteiger charge is -2.40. The van der Waals surface area contributed by atoms with Crippen molar-refractivity contribution >= 4 is 11.5 Å². The summed E-state index contributed by atoms with van der Waals surface area (Å²) in [7, 11) is 3.60. The summed E-state index contributed by atoms with van der Waals surface area (Å²) in [6.45, 7) is 5.40. The highest BCUT2D eigenvalue weighted by Gasteiger charge is 2.44. The molecule has 5 heteroatoms. The van der Waals surface area contributed by atoms with Gasteiger partial charge in [-0.1, -0.05) is 30.3 Å². The summed E-state index contributed by atoms with van der Waals surface area (Å²) in [4.78, 5) is 16.9. The van der Waals surface area contributed by atoms with Gasteiger partial charge in [0.05, 0.1) is 0 Å². The van der Waals surface area contributed by atoms with Crippen molar-refractivity contribution in [3.05, 3.63) is 65.5 Å². The van der Waals surface area contributed by atoms with Crippen molar-refractivity contribution in [1.82, 2.24) is 4.90 Å². The molecule has 0 bridgehead atoms. The van der Waals surface area contributed by atoms with Gasteiger partial charge in [-0.05, 0) is 75.6 Å². The van der Waals surface area contributed by atoms with Gasteiger partial charge in [-0.2, -0.15) is 0 Å². The number of piperidine rings is 1. The second kappa shape index (κ2) is 9.71. The molecule has 1 saturated heterocycles. The molecule has 2 N–H and O–H groups in total. The predicted octanol–water partition coefficient (Wildman–Crippen LogP) is 3.63. The molecule has 2 aliphatic heterocycles. The molecule has 1 unspecified atom stereocenters. The molecule has 0 amide bonds. The molecular formula is C25H34FN3O. The number of ketones is 1. The first-order valence-electron chi connectivity index (χ1n) is 10.8. The van der Waals surface area contributed by atoms with Crippen molar-refractivity contribution in [2.24, 2.45) is 11.7 Å². The number of Topliss-reactive ketones (excluding diaryl/α,β-unsaturated/α-hetero) is 1. The van der Waals surface area contributed by atoms with Gasteiger partial charge in [0.15, 0.2) is 0 Å². The number of halogens is 1. The highest BCUT2D eigenvalue weighted by molar-refractivity contribution is 5.78. The van der Waals surface area contributed by atoms with Crippen LogP contribution in [0.25, 0.3) is 0 Å². The van der Waals surface area contributed by atoms with E-state index in [-0.39, 0.29) is 22.9 Å². The van der Waals surface area contributed by atoms with Crippen LogP contribution in [0.1, 0.15) is 30.9 Å². The molecular weight excluding hydrogens is 377 g/mol. The van der Waals surface area contributed by atoms with Gasteiger partial charge in [0.25, 0.3) is 0 Å². The van der Waals surface area contributed by atoms with Crippen LogP contribution in [-0.4, -0.2) is 51.0 Å². The quantitative estimate of drug-likeness (QED) is 0.816. The van der Waals surface area contributed by atoms with Crippen LogP contribution in [0.15, 0.2) is 48.5 Å². The number of benzene rings is 2. The van der Waals surface area contributed by atoms with E-state index in [0.717, 1.165) is 45.4 Å². The SMILES string of the molecule is CC(=O)C(Cc1ccccc1)CN1CCC2(CC1)CN(C)c1ccc(F)cc12.CN. The van der Waals surface area contributed by atoms with E-state index in [4.69, 9.17) is 0 Å². The van der Waals surface area contributed by atoms with E-state index in [1.54, 1.807) is 19.1 Å². The van der Waals surface area contributed by atoms with E-state index >= 15 is 0 Å². The number of nitrogens with zero attached hydrogens (tertiary/aromatic N) is 2. The summed E-state index contributed by atoms with van der Waals surface area (Å²) in [5.74, 6) is 0.153. The molecule has 162 valence electrons. The zero-order chi connectivity index (χ0) is 21.7. The standard InChI is InChI=1S/C24H29FN2O.CH5N/c1-18(28)20(14-19-6-4-3-5-7-19)16-27-12-10-24(11-13-27)17-26(2)23-9-8-21(25)15-22(23)24;1-2/h3-9,15,20H,10-14,16-17H2,1-2H3;2H2,1H3. The number of likely N-dealkylation sites (tertiary alicyclic amines) is 1. The van der Waals surface area contributed by atoms with Crippen molar-refractivity contribution in [1.29, 1.82) is 0 Å². The Morgan fingerprint density at radius 3 is 2.43 bits per heavy atom. The number of rotatable bonds is 5. The zero-order valence-corrected chi connectivity index (χ0v) is 18.4. The maximum absolute atomic E-state index is 13.9. The average Bonchev–Trinajstić information content (AvgIpc) is 3.02. The Labute approximate surface area is 179 Å². The first-order valence-corrected chi connectivity index (χ1v) is 10.8. The Morgan fingerprint density at radius 2 is 1.80 bits per heavy atom. The van der Waals surface area contributed by atoms with E-state index in [1.165, 1.54) is 23.9 Å². The maximum Gasteiger partial charge on any atom is 0.134 e. The van der Waals surface area contributed by atoms with Gasteiger partial charge < -0.3 is 15.5 Å². The van der Waals surface area contributed by atoms with E-state index in [0.29, 0.717) is 0 Å². The van der Waals surface area contributed by atoms with Crippen LogP contribution in [0.3, 0.4) is 0 Å². The smallest absolute Gasteiger partial charge is 0.134 e. The van der Waals surface area contributed by atoms with E-state index in [2.05, 4.69) is 34.7 Å². The molecule has 0 aliphatic carbocycles. The molecule has 2 aliphatic rings. The van der Waals surface area contributed by atoms with Crippen molar-refractivity contribution in [2.45, 2.75) is 31.6 Å². The molecule has 0 aromatic heterocycles. The third-order valence-electron chi connectivity index (χ3n) is 6.67. The topological polar surface area (TPSA) is 49.6 Å². The van der Waals surface area contributed by atoms with Crippen LogP contribution in [0, 0.1) is 11.7 Å². The molecule has 1 fully saturated rings. The number of fused-ring (bicyclic) bond motifs is 2. The Kier molecular flexibility index (Phi) is 7.27. The highest BCUT2D eigenvalue weighted by Crippen LogP contribution is 2.46. The number of hydrogen-bond donors (Lipinski definition) is 1. The molecule has 2 aromatic carbocycles. The summed E-state index contributed by atoms with van der Waals surface area (Å²) in [5.41, 5.74) is 8.11. The van der Waals surface area contributed by atoms with Crippen molar-refractivity contribution in [3.63, 3.8) is 0 Å². The lowest BCUT2D eigenvalue weighted by Crippen LogP contribution is -2.46. The van der Waals surface area contributed by atoms with E-state index in [1.807, 2.05) is 24.3 Å². The lowest BCUT2D eigenvalue weighted by molar-refractivity contribution is -0.121. The van der Waals surface area contributed by atoms with Gasteiger partial charge in [0.1, 0.15) is 11.6 Å². The number of hydrogen-bond acceptors (Lipinski definition) is 4. The Morgan fingerprint density at radius 1 is 1.13 bits per heavy atom. The Bertz CT molecular complexity index is 847. The largest absolute Gasteiger partial charge is 0.373 e. The summed E-state index contributed by atoms with van der Waals surface area (Å²) in [6.07, 6.45) is 2.84. The van der Waals surface area contributed by atoms with E-state index < -0.39 is 0 Å². The predicted molar refractivity (Wildman–Crippen MR) is 121 cm³/mol. The van der Waals surface area contributed by atoms with Gasteiger partial charge in [-0.25, -0.2) is 4.39 Å². The van der Waals surface area contributed by atoms with Crippen LogP contribution in [-0.2, 0) is 16.6 Å². The third kappa shape index (κ3) is 4.73. The van der Waals surface area contributed by atoms with Gasteiger partial charge in [-0.15, -0.1) is 0 Å². The van der Waals surface area contributed by atoms with E-state index in [9.17, 15) is 9.18 Å². The second-order valence-corrected chi connectivity index (χ2v) is 8.60. The van der Waals surface area contributed by atoms with Gasteiger partial charge in [0, 0.05) is 37.2 Å². The van der Waals surface area contributed by atoms with Crippen LogP contribution in [0.5, 0.6) is 0 Å². The minimum Gasteiger partial charge on any atom is -0.373 e. The Hall–Kier alpha value is -2.24. The number of nitrogens with two attached hydrogens (primary N) is 1. The first-order chi connectivity index (χ1) is 14.5. The van der Waals surface area contributed by atoms with Gasteiger partial charge in [-0.3, -0.25) is 4.79 Å². The molecule has 1 spiro atoms. The fourth-order valence-electron chi connectivity index (χ4n) is 5.03. The summed E-state index contributed by atoms with van der Waals surface area (Å²) in [5, 5.41) is 0. The van der Waals surface area contributed by atoms with Crippen LogP contribution in [0.4, 0.5) is 10.1 Å². The van der Waals surface area contributed by atoms with Crippen LogP contribution in [0.2, 0.25) is 0 Å². The third-order valence-corrected chi connectivity index (χ3v) is 6.67. The molecule has 4 nitrogen and oxygen atoms in total. The van der Waals surface area contributed by atoms with Crippen LogP contribution >= 0.6 is 0 Å². The average molecular weight is 412 g/mol. The fraction of sp³-hybridized carbons (Fsp3) is 0.480. The zero-order valence-electron chi connectivity index (χ0n) is 18.4. The summed E-state index contributed by atoms with van der Waals surface area (Å²) >= 11 is 0. The normalized spacial score (nSPS) is 18.5. The number of carbonyl (C=O) groups excluding carboxylic acids is 1. The number of anilines is 1. The molecule has 1 atom stereocenters. The second-order valence-electron chi connectivity index (χ2n) is 8.60. The minimum atomic E-state index is -0.143. The molecule has 2 aromatic rings. The van der Waals surface area contributed by atoms with Gasteiger partial charge >= 0.3 is 0 Å². The summed E-state index contributed by atoms with van der Waals surface area (Å²) < 4.78 is 13.9. The maximum atomic E-state index is 13.9. The first kappa shape index (κ1) is 22.4. The van der Waals surface area contributed by atoms with Crippen molar-refractivity contribution in [3.8, 4) is 0 Å². The van der Waals surface area contributed by atoms with Crippen LogP contribution < -0.4 is 10.6 Å². The molecule has 4 rings (SSSR count). The minimum absolute atomic E-state index is 0.0347. The molecule has 30 heavy (non-hydrogen) atoms. The fourth-order valence-corrected chi connectivity index (χ4v) is 5.03. The number of carbonyl (C=O) groups is 1. The Balaban J connectivity index is 0.00000124.